The Morgan fingerprint density at radius 1 is 1.00 bits per heavy atom. The number of pyridine rings is 1. The van der Waals surface area contributed by atoms with Crippen LogP contribution in [0.5, 0.6) is 0 Å². The molecule has 2 aliphatic rings. The average molecular weight is 534 g/mol. The minimum atomic E-state index is -0.233. The van der Waals surface area contributed by atoms with Crippen LogP contribution in [-0.2, 0) is 21.4 Å². The molecule has 1 saturated heterocycles. The van der Waals surface area contributed by atoms with Crippen molar-refractivity contribution in [2.24, 2.45) is 0 Å². The van der Waals surface area contributed by atoms with Crippen molar-refractivity contribution in [3.63, 3.8) is 0 Å². The number of para-hydroxylation sites is 1. The van der Waals surface area contributed by atoms with E-state index in [9.17, 15) is 4.79 Å². The van der Waals surface area contributed by atoms with Crippen molar-refractivity contribution in [2.45, 2.75) is 31.7 Å². The summed E-state index contributed by atoms with van der Waals surface area (Å²) in [6.07, 6.45) is 5.74. The van der Waals surface area contributed by atoms with Gasteiger partial charge in [-0.15, -0.1) is 0 Å². The van der Waals surface area contributed by atoms with Crippen LogP contribution in [0.2, 0.25) is 0 Å². The molecular weight excluding hydrogens is 490 g/mol. The van der Waals surface area contributed by atoms with Crippen LogP contribution in [0.15, 0.2) is 73.1 Å². The predicted molar refractivity (Wildman–Crippen MR) is 159 cm³/mol. The summed E-state index contributed by atoms with van der Waals surface area (Å²) in [6.45, 7) is 9.37. The van der Waals surface area contributed by atoms with Gasteiger partial charge in [-0.3, -0.25) is 4.98 Å². The second-order valence-corrected chi connectivity index (χ2v) is 10.3. The highest BCUT2D eigenvalue weighted by Gasteiger charge is 2.44. The number of amides is 2. The number of benzene rings is 2. The van der Waals surface area contributed by atoms with Gasteiger partial charge < -0.3 is 29.9 Å². The van der Waals surface area contributed by atoms with Crippen molar-refractivity contribution in [1.29, 1.82) is 0 Å². The van der Waals surface area contributed by atoms with E-state index in [2.05, 4.69) is 61.8 Å². The van der Waals surface area contributed by atoms with Crippen LogP contribution in [-0.4, -0.2) is 68.5 Å². The lowest BCUT2D eigenvalue weighted by Gasteiger charge is -2.40. The van der Waals surface area contributed by atoms with Crippen molar-refractivity contribution in [1.82, 2.24) is 15.2 Å². The fourth-order valence-corrected chi connectivity index (χ4v) is 5.64. The molecule has 0 aliphatic carbocycles. The number of hydrogen-bond acceptors (Lipinski definition) is 6. The van der Waals surface area contributed by atoms with Gasteiger partial charge in [0.1, 0.15) is 0 Å². The lowest BCUT2D eigenvalue weighted by molar-refractivity contribution is 0.0374. The second-order valence-electron chi connectivity index (χ2n) is 10.3. The number of carbonyl (C=O) groups is 1. The van der Waals surface area contributed by atoms with Crippen LogP contribution in [0, 0.1) is 0 Å². The topological polar surface area (TPSA) is 79.0 Å². The van der Waals surface area contributed by atoms with Crippen LogP contribution in [0.3, 0.4) is 0 Å². The minimum absolute atomic E-state index is 0. The number of nitrogens with zero attached hydrogens (tertiary/aromatic N) is 3. The molecule has 0 radical (unpaired) electrons. The molecule has 1 aromatic heterocycles. The average Bonchev–Trinajstić information content (AvgIpc) is 3.29. The van der Waals surface area contributed by atoms with Crippen LogP contribution >= 0.6 is 0 Å². The molecule has 3 heterocycles. The summed E-state index contributed by atoms with van der Waals surface area (Å²) < 4.78 is 11.1. The zero-order valence-electron chi connectivity index (χ0n) is 22.8. The summed E-state index contributed by atoms with van der Waals surface area (Å²) in [6, 6.07) is 20.5. The highest BCUT2D eigenvalue weighted by molar-refractivity contribution is 5.89. The predicted octanol–water partition coefficient (Wildman–Crippen LogP) is 5.43. The Hall–Kier alpha value is -3.46. The largest absolute Gasteiger partial charge is 0.379 e. The van der Waals surface area contributed by atoms with Gasteiger partial charge in [0.25, 0.3) is 0 Å². The Kier molecular flexibility index (Phi) is 9.08. The normalized spacial score (nSPS) is 16.3. The molecule has 2 amide bonds. The van der Waals surface area contributed by atoms with Crippen LogP contribution in [0.1, 0.15) is 33.7 Å². The molecule has 3 aromatic rings. The number of nitrogens with one attached hydrogen (secondary N) is 2. The van der Waals surface area contributed by atoms with Crippen LogP contribution in [0.25, 0.3) is 0 Å². The summed E-state index contributed by atoms with van der Waals surface area (Å²) in [4.78, 5) is 21.4. The van der Waals surface area contributed by atoms with Gasteiger partial charge in [-0.05, 0) is 80.4 Å². The first kappa shape index (κ1) is 27.1. The molecule has 0 atom stereocenters. The van der Waals surface area contributed by atoms with Crippen molar-refractivity contribution in [3.8, 4) is 0 Å². The molecule has 0 bridgehead atoms. The van der Waals surface area contributed by atoms with E-state index in [-0.39, 0.29) is 14.3 Å². The Morgan fingerprint density at radius 3 is 2.56 bits per heavy atom. The molecule has 1 fully saturated rings. The van der Waals surface area contributed by atoms with Gasteiger partial charge in [-0.2, -0.15) is 0 Å². The smallest absolute Gasteiger partial charge is 0.319 e. The lowest BCUT2D eigenvalue weighted by atomic mass is 9.74. The van der Waals surface area contributed by atoms with E-state index >= 15 is 0 Å². The number of carbonyl (C=O) groups excluding carboxylic acids is 1. The molecule has 1 spiro atoms. The fourth-order valence-electron chi connectivity index (χ4n) is 5.64. The van der Waals surface area contributed by atoms with E-state index in [1.807, 2.05) is 31.2 Å². The number of ether oxygens (including phenoxy) is 2. The molecule has 210 valence electrons. The quantitative estimate of drug-likeness (QED) is 0.320. The summed E-state index contributed by atoms with van der Waals surface area (Å²) in [5.74, 6) is 0. The maximum Gasteiger partial charge on any atom is 0.319 e. The number of urea groups is 1. The molecular formula is C31H43N5O3. The molecule has 5 rings (SSSR count). The third-order valence-electron chi connectivity index (χ3n) is 7.78. The number of anilines is 3. The maximum absolute atomic E-state index is 12.4. The van der Waals surface area contributed by atoms with E-state index in [4.69, 9.17) is 9.47 Å². The molecule has 8 nitrogen and oxygen atoms in total. The number of rotatable bonds is 11. The van der Waals surface area contributed by atoms with Gasteiger partial charge in [0.05, 0.1) is 19.8 Å². The van der Waals surface area contributed by atoms with E-state index in [0.717, 1.165) is 69.2 Å². The first-order valence-corrected chi connectivity index (χ1v) is 14.0. The molecule has 39 heavy (non-hydrogen) atoms. The van der Waals surface area contributed by atoms with E-state index in [1.54, 1.807) is 12.4 Å². The first-order valence-electron chi connectivity index (χ1n) is 14.0. The zero-order chi connectivity index (χ0) is 26.9. The molecule has 2 aliphatic heterocycles. The van der Waals surface area contributed by atoms with Gasteiger partial charge >= 0.3 is 6.03 Å². The number of likely N-dealkylation sites (tertiary alicyclic amines) is 1. The van der Waals surface area contributed by atoms with Gasteiger partial charge in [0, 0.05) is 64.0 Å². The number of aromatic nitrogens is 1. The summed E-state index contributed by atoms with van der Waals surface area (Å²) in [5.41, 5.74) is 5.77. The van der Waals surface area contributed by atoms with Gasteiger partial charge in [-0.1, -0.05) is 24.3 Å². The zero-order valence-corrected chi connectivity index (χ0v) is 22.8. The van der Waals surface area contributed by atoms with Crippen molar-refractivity contribution in [3.05, 3.63) is 84.2 Å². The van der Waals surface area contributed by atoms with E-state index in [0.29, 0.717) is 19.8 Å². The van der Waals surface area contributed by atoms with Gasteiger partial charge in [-0.25, -0.2) is 4.79 Å². The summed E-state index contributed by atoms with van der Waals surface area (Å²) in [5, 5.41) is 5.81. The first-order chi connectivity index (χ1) is 19.2. The third kappa shape index (κ3) is 6.76. The van der Waals surface area contributed by atoms with Crippen molar-refractivity contribution < 1.29 is 17.1 Å². The summed E-state index contributed by atoms with van der Waals surface area (Å²) in [7, 11) is 0. The molecule has 2 N–H and O–H groups in total. The van der Waals surface area contributed by atoms with Crippen LogP contribution < -0.4 is 15.5 Å². The Bertz CT molecular complexity index is 1210. The molecule has 0 saturated carbocycles. The van der Waals surface area contributed by atoms with E-state index in [1.165, 1.54) is 11.3 Å². The standard InChI is InChI=1S/C31H39N5O3.2H2/c1-2-38-20-21-39-19-18-35-16-13-31(14-17-35)24-36(29-8-4-3-7-28(29)31)27-11-9-26(10-12-27)34-30(37)33-23-25-6-5-15-32-22-25;;/h3-12,15,22H,2,13-14,16-21,23-24H2,1H3,(H2,33,34,37);2*1H. The number of fused-ring (bicyclic) bond motifs is 2. The Morgan fingerprint density at radius 2 is 1.79 bits per heavy atom. The molecule has 2 aromatic carbocycles. The fraction of sp³-hybridized carbons (Fsp3) is 0.419. The molecule has 0 unspecified atom stereocenters. The maximum atomic E-state index is 12.4. The number of hydrogen-bond donors (Lipinski definition) is 2. The van der Waals surface area contributed by atoms with Gasteiger partial charge in [0.2, 0.25) is 0 Å². The SMILES string of the molecule is CCOCCOCCN1CCC2(CC1)CN(c1ccc(NC(=O)NCc3cccnc3)cc1)c1ccccc12.[HH].[HH]. The highest BCUT2D eigenvalue weighted by Crippen LogP contribution is 2.49. The Balaban J connectivity index is 0.00000231. The monoisotopic (exact) mass is 533 g/mol. The molecule has 8 heteroatoms. The van der Waals surface area contributed by atoms with Crippen molar-refractivity contribution in [2.75, 3.05) is 62.8 Å². The lowest BCUT2D eigenvalue weighted by Crippen LogP contribution is -2.45. The Labute approximate surface area is 234 Å². The number of piperidine rings is 1. The highest BCUT2D eigenvalue weighted by atomic mass is 16.5. The second kappa shape index (κ2) is 13.1. The van der Waals surface area contributed by atoms with E-state index < -0.39 is 0 Å². The minimum Gasteiger partial charge on any atom is -0.379 e. The van der Waals surface area contributed by atoms with Gasteiger partial charge in [0.15, 0.2) is 0 Å². The van der Waals surface area contributed by atoms with Crippen LogP contribution in [0.4, 0.5) is 21.9 Å². The third-order valence-corrected chi connectivity index (χ3v) is 7.78. The van der Waals surface area contributed by atoms with Crippen molar-refractivity contribution >= 4 is 23.1 Å². The summed E-state index contributed by atoms with van der Waals surface area (Å²) >= 11 is 0.